The molecule has 1 fully saturated rings. The van der Waals surface area contributed by atoms with Crippen LogP contribution in [-0.4, -0.2) is 33.6 Å². The van der Waals surface area contributed by atoms with E-state index in [9.17, 15) is 9.59 Å². The molecule has 1 aliphatic heterocycles. The summed E-state index contributed by atoms with van der Waals surface area (Å²) in [5, 5.41) is 11.6. The molecule has 2 aliphatic rings. The standard InChI is InChI=1S/C24H25N5O2S/c30-22-14-27-21-10-9-17(28-24(21)32-22)13-26-16-7-5-15(6-8-16)23(31)29-20-11-12-25-19-4-2-1-3-18(19)20/h1-4,9-12,15-16,26-27H,5-8,13-14H2,(H,25,29,31). The molecule has 0 saturated heterocycles. The zero-order valence-electron chi connectivity index (χ0n) is 17.6. The van der Waals surface area contributed by atoms with Crippen LogP contribution in [0.15, 0.2) is 53.7 Å². The summed E-state index contributed by atoms with van der Waals surface area (Å²) in [5.74, 6) is 0.112. The zero-order chi connectivity index (χ0) is 21.9. The normalized spacial score (nSPS) is 20.4. The Balaban J connectivity index is 1.13. The summed E-state index contributed by atoms with van der Waals surface area (Å²) in [6, 6.07) is 14.1. The zero-order valence-corrected chi connectivity index (χ0v) is 18.5. The lowest BCUT2D eigenvalue weighted by molar-refractivity contribution is -0.120. The monoisotopic (exact) mass is 447 g/mol. The molecule has 3 heterocycles. The van der Waals surface area contributed by atoms with Crippen molar-refractivity contribution in [3.63, 3.8) is 0 Å². The third-order valence-electron chi connectivity index (χ3n) is 6.13. The van der Waals surface area contributed by atoms with Crippen molar-refractivity contribution in [1.82, 2.24) is 15.3 Å². The molecule has 7 nitrogen and oxygen atoms in total. The van der Waals surface area contributed by atoms with Crippen LogP contribution < -0.4 is 16.0 Å². The first-order valence-corrected chi connectivity index (χ1v) is 11.8. The van der Waals surface area contributed by atoms with Gasteiger partial charge in [-0.05, 0) is 61.7 Å². The number of carbonyl (C=O) groups excluding carboxylic acids is 2. The van der Waals surface area contributed by atoms with Crippen LogP contribution in [0.4, 0.5) is 11.4 Å². The molecule has 164 valence electrons. The van der Waals surface area contributed by atoms with E-state index >= 15 is 0 Å². The van der Waals surface area contributed by atoms with E-state index in [1.165, 1.54) is 11.8 Å². The van der Waals surface area contributed by atoms with Gasteiger partial charge in [-0.25, -0.2) is 4.98 Å². The van der Waals surface area contributed by atoms with Crippen LogP contribution in [0.1, 0.15) is 31.4 Å². The Bertz CT molecular complexity index is 1150. The van der Waals surface area contributed by atoms with E-state index < -0.39 is 0 Å². The highest BCUT2D eigenvalue weighted by molar-refractivity contribution is 8.13. The van der Waals surface area contributed by atoms with Gasteiger partial charge in [0.2, 0.25) is 11.0 Å². The predicted octanol–water partition coefficient (Wildman–Crippen LogP) is 3.96. The summed E-state index contributed by atoms with van der Waals surface area (Å²) < 4.78 is 0. The fourth-order valence-electron chi connectivity index (χ4n) is 4.35. The van der Waals surface area contributed by atoms with E-state index in [0.29, 0.717) is 19.1 Å². The van der Waals surface area contributed by atoms with Crippen molar-refractivity contribution < 1.29 is 9.59 Å². The van der Waals surface area contributed by atoms with Crippen LogP contribution >= 0.6 is 11.8 Å². The van der Waals surface area contributed by atoms with Crippen LogP contribution in [-0.2, 0) is 16.1 Å². The van der Waals surface area contributed by atoms with Gasteiger partial charge in [0.1, 0.15) is 5.03 Å². The van der Waals surface area contributed by atoms with E-state index in [2.05, 4.69) is 25.9 Å². The molecule has 5 rings (SSSR count). The number of hydrogen-bond donors (Lipinski definition) is 3. The molecule has 0 radical (unpaired) electrons. The van der Waals surface area contributed by atoms with Gasteiger partial charge in [0.15, 0.2) is 0 Å². The number of thioether (sulfide) groups is 1. The first kappa shape index (κ1) is 20.9. The van der Waals surface area contributed by atoms with Gasteiger partial charge in [-0.2, -0.15) is 0 Å². The molecule has 0 unspecified atom stereocenters. The summed E-state index contributed by atoms with van der Waals surface area (Å²) in [4.78, 5) is 33.4. The molecule has 8 heteroatoms. The minimum absolute atomic E-state index is 0.0235. The Labute approximate surface area is 190 Å². The molecule has 0 spiro atoms. The van der Waals surface area contributed by atoms with Crippen LogP contribution in [0.5, 0.6) is 0 Å². The van der Waals surface area contributed by atoms with Crippen molar-refractivity contribution in [2.45, 2.75) is 43.3 Å². The van der Waals surface area contributed by atoms with E-state index in [-0.39, 0.29) is 16.9 Å². The van der Waals surface area contributed by atoms with Crippen molar-refractivity contribution in [2.24, 2.45) is 5.92 Å². The van der Waals surface area contributed by atoms with Crippen molar-refractivity contribution >= 4 is 45.1 Å². The average Bonchev–Trinajstić information content (AvgIpc) is 2.83. The molecule has 0 bridgehead atoms. The van der Waals surface area contributed by atoms with Gasteiger partial charge >= 0.3 is 0 Å². The number of anilines is 2. The molecule has 3 aromatic rings. The quantitative estimate of drug-likeness (QED) is 0.545. The lowest BCUT2D eigenvalue weighted by Crippen LogP contribution is -2.36. The molecule has 1 aliphatic carbocycles. The van der Waals surface area contributed by atoms with E-state index in [0.717, 1.165) is 58.7 Å². The number of benzene rings is 1. The first-order chi connectivity index (χ1) is 15.7. The summed E-state index contributed by atoms with van der Waals surface area (Å²) in [5.41, 5.74) is 3.56. The smallest absolute Gasteiger partial charge is 0.227 e. The second kappa shape index (κ2) is 9.26. The molecule has 1 aromatic carbocycles. The maximum absolute atomic E-state index is 12.9. The second-order valence-corrected chi connectivity index (χ2v) is 9.32. The van der Waals surface area contributed by atoms with Crippen molar-refractivity contribution in [2.75, 3.05) is 17.2 Å². The Morgan fingerprint density at radius 2 is 1.94 bits per heavy atom. The fraction of sp³-hybridized carbons (Fsp3) is 0.333. The van der Waals surface area contributed by atoms with Crippen molar-refractivity contribution in [3.8, 4) is 0 Å². The van der Waals surface area contributed by atoms with Crippen LogP contribution in [0, 0.1) is 5.92 Å². The highest BCUT2D eigenvalue weighted by Crippen LogP contribution is 2.30. The largest absolute Gasteiger partial charge is 0.375 e. The SMILES string of the molecule is O=C1CNc2ccc(CNC3CCC(C(=O)Nc4ccnc5ccccc45)CC3)nc2S1. The van der Waals surface area contributed by atoms with E-state index in [4.69, 9.17) is 0 Å². The number of para-hydroxylation sites is 1. The molecule has 2 aromatic heterocycles. The molecule has 32 heavy (non-hydrogen) atoms. The molecule has 3 N–H and O–H groups in total. The number of aromatic nitrogens is 2. The number of nitrogens with zero attached hydrogens (tertiary/aromatic N) is 2. The molecule has 1 amide bonds. The Hall–Kier alpha value is -2.97. The maximum atomic E-state index is 12.9. The highest BCUT2D eigenvalue weighted by Gasteiger charge is 2.26. The Morgan fingerprint density at radius 1 is 1.09 bits per heavy atom. The predicted molar refractivity (Wildman–Crippen MR) is 127 cm³/mol. The number of rotatable bonds is 5. The Kier molecular flexibility index (Phi) is 6.05. The van der Waals surface area contributed by atoms with Gasteiger partial charge in [0.05, 0.1) is 29.1 Å². The van der Waals surface area contributed by atoms with Gasteiger partial charge in [-0.3, -0.25) is 14.6 Å². The summed E-state index contributed by atoms with van der Waals surface area (Å²) in [6.45, 7) is 1.01. The van der Waals surface area contributed by atoms with Crippen LogP contribution in [0.2, 0.25) is 0 Å². The topological polar surface area (TPSA) is 96.0 Å². The molecular weight excluding hydrogens is 422 g/mol. The summed E-state index contributed by atoms with van der Waals surface area (Å²) in [7, 11) is 0. The van der Waals surface area contributed by atoms with Crippen LogP contribution in [0.3, 0.4) is 0 Å². The third kappa shape index (κ3) is 4.61. The minimum Gasteiger partial charge on any atom is -0.375 e. The number of carbonyl (C=O) groups is 2. The fourth-order valence-corrected chi connectivity index (χ4v) is 5.12. The highest BCUT2D eigenvalue weighted by atomic mass is 32.2. The van der Waals surface area contributed by atoms with Gasteiger partial charge in [-0.15, -0.1) is 0 Å². The van der Waals surface area contributed by atoms with E-state index in [1.807, 2.05) is 42.5 Å². The number of fused-ring (bicyclic) bond motifs is 2. The minimum atomic E-state index is 0.0235. The van der Waals surface area contributed by atoms with E-state index in [1.54, 1.807) is 6.20 Å². The number of hydrogen-bond acceptors (Lipinski definition) is 7. The number of amides is 1. The first-order valence-electron chi connectivity index (χ1n) is 11.0. The van der Waals surface area contributed by atoms with Gasteiger partial charge < -0.3 is 16.0 Å². The summed E-state index contributed by atoms with van der Waals surface area (Å²) in [6.07, 6.45) is 5.36. The van der Waals surface area contributed by atoms with Crippen molar-refractivity contribution in [1.29, 1.82) is 0 Å². The average molecular weight is 448 g/mol. The number of pyridine rings is 2. The second-order valence-electron chi connectivity index (χ2n) is 8.28. The molecule has 1 saturated carbocycles. The Morgan fingerprint density at radius 3 is 2.81 bits per heavy atom. The molecular formula is C24H25N5O2S. The van der Waals surface area contributed by atoms with Gasteiger partial charge in [-0.1, -0.05) is 18.2 Å². The third-order valence-corrected chi connectivity index (χ3v) is 7.00. The van der Waals surface area contributed by atoms with Gasteiger partial charge in [0.25, 0.3) is 0 Å². The molecule has 0 atom stereocenters. The number of nitrogens with one attached hydrogen (secondary N) is 3. The van der Waals surface area contributed by atoms with Gasteiger partial charge in [0, 0.05) is 30.1 Å². The van der Waals surface area contributed by atoms with Crippen molar-refractivity contribution in [3.05, 3.63) is 54.4 Å². The maximum Gasteiger partial charge on any atom is 0.227 e. The lowest BCUT2D eigenvalue weighted by Gasteiger charge is -2.28. The summed E-state index contributed by atoms with van der Waals surface area (Å²) >= 11 is 1.20. The lowest BCUT2D eigenvalue weighted by atomic mass is 9.85. The van der Waals surface area contributed by atoms with Crippen LogP contribution in [0.25, 0.3) is 10.9 Å².